The van der Waals surface area contributed by atoms with Crippen molar-refractivity contribution in [1.82, 2.24) is 14.1 Å². The summed E-state index contributed by atoms with van der Waals surface area (Å²) in [5.74, 6) is -1.08. The van der Waals surface area contributed by atoms with E-state index in [2.05, 4.69) is 6.07 Å². The summed E-state index contributed by atoms with van der Waals surface area (Å²) in [4.78, 5) is 49.4. The van der Waals surface area contributed by atoms with Crippen LogP contribution in [-0.2, 0) is 16.1 Å². The van der Waals surface area contributed by atoms with E-state index in [1.165, 1.54) is 6.20 Å². The molecule has 1 N–H and O–H groups in total. The van der Waals surface area contributed by atoms with E-state index in [0.717, 1.165) is 38.8 Å². The second-order valence-corrected chi connectivity index (χ2v) is 7.29. The van der Waals surface area contributed by atoms with Crippen LogP contribution in [0.1, 0.15) is 32.9 Å². The van der Waals surface area contributed by atoms with Crippen molar-refractivity contribution in [3.05, 3.63) is 85.4 Å². The van der Waals surface area contributed by atoms with Crippen molar-refractivity contribution in [2.75, 3.05) is 6.61 Å². The molecule has 156 valence electrons. The van der Waals surface area contributed by atoms with Gasteiger partial charge in [-0.3, -0.25) is 23.9 Å². The number of rotatable bonds is 6. The maximum atomic E-state index is 12.7. The highest BCUT2D eigenvalue weighted by Gasteiger charge is 2.18. The van der Waals surface area contributed by atoms with E-state index >= 15 is 0 Å². The molecule has 8 nitrogen and oxygen atoms in total. The van der Waals surface area contributed by atoms with E-state index in [9.17, 15) is 19.2 Å². The number of aryl methyl sites for hydroxylation is 3. The van der Waals surface area contributed by atoms with Crippen molar-refractivity contribution in [2.24, 2.45) is 0 Å². The normalized spacial score (nSPS) is 10.8. The number of nitrogens with one attached hydrogen (secondary N) is 1. The lowest BCUT2D eigenvalue weighted by Gasteiger charge is -2.12. The van der Waals surface area contributed by atoms with Gasteiger partial charge in [0.1, 0.15) is 6.54 Å². The summed E-state index contributed by atoms with van der Waals surface area (Å²) >= 11 is 0. The number of carbonyl (C=O) groups excluding carboxylic acids is 2. The Balaban J connectivity index is 1.74. The molecule has 0 bridgehead atoms. The molecule has 2 heterocycles. The van der Waals surface area contributed by atoms with E-state index in [1.54, 1.807) is 6.07 Å². The van der Waals surface area contributed by atoms with E-state index in [0.29, 0.717) is 5.56 Å². The lowest BCUT2D eigenvalue weighted by atomic mass is 10.1. The molecule has 0 amide bonds. The number of benzene rings is 1. The molecule has 3 rings (SSSR count). The molecule has 0 radical (unpaired) electrons. The number of hydrogen-bond acceptors (Lipinski definition) is 5. The van der Waals surface area contributed by atoms with Gasteiger partial charge in [0.15, 0.2) is 6.61 Å². The molecule has 0 aliphatic carbocycles. The van der Waals surface area contributed by atoms with Gasteiger partial charge in [-0.25, -0.2) is 4.79 Å². The number of aromatic nitrogens is 3. The van der Waals surface area contributed by atoms with Crippen LogP contribution in [0, 0.1) is 27.7 Å². The minimum Gasteiger partial charge on any atom is -0.456 e. The van der Waals surface area contributed by atoms with E-state index in [4.69, 9.17) is 4.74 Å². The van der Waals surface area contributed by atoms with Crippen LogP contribution in [-0.4, -0.2) is 32.5 Å². The first-order valence-electron chi connectivity index (χ1n) is 9.42. The second kappa shape index (κ2) is 8.36. The molecule has 30 heavy (non-hydrogen) atoms. The fourth-order valence-corrected chi connectivity index (χ4v) is 3.50. The molecule has 0 spiro atoms. The summed E-state index contributed by atoms with van der Waals surface area (Å²) in [5, 5.41) is 0. The molecule has 0 saturated carbocycles. The first-order valence-corrected chi connectivity index (χ1v) is 9.42. The third-order valence-electron chi connectivity index (χ3n) is 4.76. The van der Waals surface area contributed by atoms with Crippen molar-refractivity contribution in [3.8, 4) is 5.69 Å². The van der Waals surface area contributed by atoms with Gasteiger partial charge in [0.05, 0.1) is 0 Å². The molecule has 1 aromatic carbocycles. The molecule has 8 heteroatoms. The van der Waals surface area contributed by atoms with Crippen LogP contribution in [0.25, 0.3) is 5.69 Å². The highest BCUT2D eigenvalue weighted by Crippen LogP contribution is 2.23. The first-order chi connectivity index (χ1) is 14.2. The molecule has 0 saturated heterocycles. The van der Waals surface area contributed by atoms with Crippen molar-refractivity contribution in [2.45, 2.75) is 34.2 Å². The smallest absolute Gasteiger partial charge is 0.328 e. The van der Waals surface area contributed by atoms with Crippen LogP contribution in [0.15, 0.2) is 46.1 Å². The van der Waals surface area contributed by atoms with Crippen LogP contribution in [0.4, 0.5) is 0 Å². The van der Waals surface area contributed by atoms with E-state index in [1.807, 2.05) is 49.4 Å². The van der Waals surface area contributed by atoms with Gasteiger partial charge in [0.25, 0.3) is 5.56 Å². The average molecular weight is 409 g/mol. The van der Waals surface area contributed by atoms with Crippen molar-refractivity contribution >= 4 is 11.8 Å². The third kappa shape index (κ3) is 4.48. The molecular weight excluding hydrogens is 386 g/mol. The zero-order chi connectivity index (χ0) is 22.0. The highest BCUT2D eigenvalue weighted by molar-refractivity contribution is 5.99. The number of ketones is 1. The number of Topliss-reactive ketones (excluding diaryl/α,β-unsaturated/α-hetero) is 1. The van der Waals surface area contributed by atoms with Crippen LogP contribution in [0.5, 0.6) is 0 Å². The predicted octanol–water partition coefficient (Wildman–Crippen LogP) is 1.99. The van der Waals surface area contributed by atoms with Crippen molar-refractivity contribution in [1.29, 1.82) is 0 Å². The quantitative estimate of drug-likeness (QED) is 0.495. The third-order valence-corrected chi connectivity index (χ3v) is 4.76. The largest absolute Gasteiger partial charge is 0.456 e. The molecular formula is C22H23N3O5. The van der Waals surface area contributed by atoms with Gasteiger partial charge in [0.2, 0.25) is 5.78 Å². The molecule has 0 aliphatic heterocycles. The van der Waals surface area contributed by atoms with Crippen molar-refractivity contribution in [3.63, 3.8) is 0 Å². The van der Waals surface area contributed by atoms with Gasteiger partial charge < -0.3 is 9.30 Å². The molecule has 0 aliphatic rings. The fraction of sp³-hybridized carbons (Fsp3) is 0.273. The summed E-state index contributed by atoms with van der Waals surface area (Å²) in [6.45, 7) is 6.96. The Kier molecular flexibility index (Phi) is 5.86. The number of carbonyl (C=O) groups is 2. The SMILES string of the molecule is Cc1cc(C)cc(-n2c(C)cc(C(=O)COC(=O)Cn3ccc(=O)[nH]c3=O)c2C)c1. The molecule has 2 aromatic heterocycles. The first kappa shape index (κ1) is 21.0. The number of nitrogens with zero attached hydrogens (tertiary/aromatic N) is 2. The summed E-state index contributed by atoms with van der Waals surface area (Å²) in [6, 6.07) is 9.07. The number of ether oxygens (including phenoxy) is 1. The Morgan fingerprint density at radius 2 is 1.67 bits per heavy atom. The predicted molar refractivity (Wildman–Crippen MR) is 111 cm³/mol. The van der Waals surface area contributed by atoms with Crippen LogP contribution >= 0.6 is 0 Å². The Morgan fingerprint density at radius 3 is 2.30 bits per heavy atom. The van der Waals surface area contributed by atoms with Gasteiger partial charge in [-0.1, -0.05) is 6.07 Å². The van der Waals surface area contributed by atoms with Gasteiger partial charge in [-0.15, -0.1) is 0 Å². The Hall–Kier alpha value is -3.68. The second-order valence-electron chi connectivity index (χ2n) is 7.29. The van der Waals surface area contributed by atoms with Gasteiger partial charge in [0, 0.05) is 34.9 Å². The van der Waals surface area contributed by atoms with Crippen molar-refractivity contribution < 1.29 is 14.3 Å². The lowest BCUT2D eigenvalue weighted by molar-refractivity contribution is -0.143. The number of H-pyrrole nitrogens is 1. The monoisotopic (exact) mass is 409 g/mol. The Bertz CT molecular complexity index is 1230. The number of esters is 1. The average Bonchev–Trinajstić information content (AvgIpc) is 2.95. The highest BCUT2D eigenvalue weighted by atomic mass is 16.5. The van der Waals surface area contributed by atoms with Crippen LogP contribution in [0.2, 0.25) is 0 Å². The summed E-state index contributed by atoms with van der Waals surface area (Å²) in [6.07, 6.45) is 1.20. The van der Waals surface area contributed by atoms with E-state index in [-0.39, 0.29) is 5.78 Å². The number of aromatic amines is 1. The fourth-order valence-electron chi connectivity index (χ4n) is 3.50. The number of hydrogen-bond donors (Lipinski definition) is 1. The Morgan fingerprint density at radius 1 is 1.00 bits per heavy atom. The zero-order valence-corrected chi connectivity index (χ0v) is 17.3. The summed E-state index contributed by atoms with van der Waals surface area (Å²) in [5.41, 5.74) is 4.06. The maximum absolute atomic E-state index is 12.7. The Labute approximate surface area is 172 Å². The summed E-state index contributed by atoms with van der Waals surface area (Å²) in [7, 11) is 0. The molecule has 3 aromatic rings. The molecule has 0 unspecified atom stereocenters. The van der Waals surface area contributed by atoms with Gasteiger partial charge in [-0.2, -0.15) is 0 Å². The lowest BCUT2D eigenvalue weighted by Crippen LogP contribution is -2.31. The summed E-state index contributed by atoms with van der Waals surface area (Å²) < 4.78 is 8.04. The minimum absolute atomic E-state index is 0.333. The van der Waals surface area contributed by atoms with Crippen LogP contribution < -0.4 is 11.2 Å². The van der Waals surface area contributed by atoms with Crippen LogP contribution in [0.3, 0.4) is 0 Å². The van der Waals surface area contributed by atoms with Gasteiger partial charge in [-0.05, 0) is 57.0 Å². The zero-order valence-electron chi connectivity index (χ0n) is 17.3. The molecule has 0 fully saturated rings. The topological polar surface area (TPSA) is 103 Å². The molecule has 0 atom stereocenters. The standard InChI is InChI=1S/C22H23N3O5/c1-13-7-14(2)9-17(8-13)25-15(3)10-18(16(25)4)19(26)12-30-21(28)11-24-6-5-20(27)23-22(24)29/h5-10H,11-12H2,1-4H3,(H,23,27,29). The van der Waals surface area contributed by atoms with Gasteiger partial charge >= 0.3 is 11.7 Å². The minimum atomic E-state index is -0.749. The maximum Gasteiger partial charge on any atom is 0.328 e. The van der Waals surface area contributed by atoms with E-state index < -0.39 is 30.4 Å².